The van der Waals surface area contributed by atoms with Crippen molar-refractivity contribution < 1.29 is 14.3 Å². The van der Waals surface area contributed by atoms with Gasteiger partial charge < -0.3 is 4.74 Å². The first-order chi connectivity index (χ1) is 12.0. The molecule has 0 saturated heterocycles. The number of carbonyl (C=O) groups is 2. The lowest BCUT2D eigenvalue weighted by Crippen LogP contribution is -2.14. The third kappa shape index (κ3) is 4.41. The maximum Gasteiger partial charge on any atom is 0.343 e. The molecule has 0 amide bonds. The standard InChI is InChI=1S/C16H13ClN4O3S/c1-3-24-16(23)13-9(2)21-25-15(13)20-19-12(8-18)14(22)10-4-6-11(17)7-5-10/h4-7,20H,3H2,1-2H3. The van der Waals surface area contributed by atoms with E-state index in [-0.39, 0.29) is 23.4 Å². The molecule has 128 valence electrons. The van der Waals surface area contributed by atoms with Crippen LogP contribution >= 0.6 is 23.1 Å². The number of halogens is 1. The fourth-order valence-corrected chi connectivity index (χ4v) is 2.72. The van der Waals surface area contributed by atoms with E-state index in [1.807, 2.05) is 0 Å². The van der Waals surface area contributed by atoms with Crippen molar-refractivity contribution in [2.75, 3.05) is 12.0 Å². The Morgan fingerprint density at radius 3 is 2.68 bits per heavy atom. The Kier molecular flexibility index (Phi) is 6.22. The smallest absolute Gasteiger partial charge is 0.343 e. The molecule has 2 aromatic rings. The summed E-state index contributed by atoms with van der Waals surface area (Å²) in [5.41, 5.74) is 3.18. The number of rotatable bonds is 6. The van der Waals surface area contributed by atoms with E-state index in [0.717, 1.165) is 11.5 Å². The van der Waals surface area contributed by atoms with Gasteiger partial charge in [0.05, 0.1) is 12.3 Å². The number of Topliss-reactive ketones (excluding diaryl/α,β-unsaturated/α-hetero) is 1. The van der Waals surface area contributed by atoms with Crippen LogP contribution in [0, 0.1) is 18.3 Å². The van der Waals surface area contributed by atoms with E-state index in [9.17, 15) is 14.9 Å². The quantitative estimate of drug-likeness (QED) is 0.358. The fraction of sp³-hybridized carbons (Fsp3) is 0.188. The molecular formula is C16H13ClN4O3S. The Bertz CT molecular complexity index is 868. The average Bonchev–Trinajstić information content (AvgIpc) is 2.97. The summed E-state index contributed by atoms with van der Waals surface area (Å²) in [5.74, 6) is -1.11. The molecule has 1 N–H and O–H groups in total. The van der Waals surface area contributed by atoms with Crippen LogP contribution in [0.2, 0.25) is 5.02 Å². The number of hydrazone groups is 1. The number of nitriles is 1. The minimum Gasteiger partial charge on any atom is -0.462 e. The van der Waals surface area contributed by atoms with Gasteiger partial charge in [-0.3, -0.25) is 10.2 Å². The summed E-state index contributed by atoms with van der Waals surface area (Å²) in [6, 6.07) is 7.82. The predicted molar refractivity (Wildman–Crippen MR) is 95.3 cm³/mol. The Balaban J connectivity index is 2.25. The third-order valence-electron chi connectivity index (χ3n) is 3.04. The highest BCUT2D eigenvalue weighted by Crippen LogP contribution is 2.25. The van der Waals surface area contributed by atoms with Gasteiger partial charge in [0.2, 0.25) is 11.5 Å². The molecule has 1 aromatic carbocycles. The highest BCUT2D eigenvalue weighted by Gasteiger charge is 2.20. The summed E-state index contributed by atoms with van der Waals surface area (Å²) in [6.07, 6.45) is 0. The van der Waals surface area contributed by atoms with Crippen molar-refractivity contribution in [3.05, 3.63) is 46.1 Å². The first kappa shape index (κ1) is 18.6. The fourth-order valence-electron chi connectivity index (χ4n) is 1.86. The number of hydrogen-bond acceptors (Lipinski definition) is 8. The van der Waals surface area contributed by atoms with Crippen molar-refractivity contribution in [1.29, 1.82) is 5.26 Å². The molecule has 2 rings (SSSR count). The number of ketones is 1. The molecule has 0 spiro atoms. The van der Waals surface area contributed by atoms with Crippen LogP contribution in [0.5, 0.6) is 0 Å². The van der Waals surface area contributed by atoms with E-state index in [1.165, 1.54) is 12.1 Å². The summed E-state index contributed by atoms with van der Waals surface area (Å²) in [4.78, 5) is 24.3. The second-order valence-corrected chi connectivity index (χ2v) is 5.92. The molecule has 9 heteroatoms. The molecular weight excluding hydrogens is 364 g/mol. The maximum absolute atomic E-state index is 12.3. The predicted octanol–water partition coefficient (Wildman–Crippen LogP) is 3.46. The first-order valence-electron chi connectivity index (χ1n) is 7.15. The van der Waals surface area contributed by atoms with Crippen molar-refractivity contribution in [2.24, 2.45) is 5.10 Å². The number of nitrogens with one attached hydrogen (secondary N) is 1. The van der Waals surface area contributed by atoms with Crippen LogP contribution in [0.15, 0.2) is 29.4 Å². The van der Waals surface area contributed by atoms with Crippen LogP contribution in [0.1, 0.15) is 33.3 Å². The summed E-state index contributed by atoms with van der Waals surface area (Å²) in [6.45, 7) is 3.56. The normalized spacial score (nSPS) is 10.9. The number of hydrogen-bond donors (Lipinski definition) is 1. The zero-order valence-corrected chi connectivity index (χ0v) is 14.9. The van der Waals surface area contributed by atoms with Crippen LogP contribution in [0.3, 0.4) is 0 Å². The SMILES string of the molecule is CCOC(=O)c1c(C)nsc1NN=C(C#N)C(=O)c1ccc(Cl)cc1. The Morgan fingerprint density at radius 1 is 1.40 bits per heavy atom. The third-order valence-corrected chi connectivity index (χ3v) is 4.13. The van der Waals surface area contributed by atoms with Crippen molar-refractivity contribution in [1.82, 2.24) is 4.37 Å². The summed E-state index contributed by atoms with van der Waals surface area (Å²) in [5, 5.41) is 13.8. The van der Waals surface area contributed by atoms with Crippen LogP contribution in [0.25, 0.3) is 0 Å². The number of esters is 1. The van der Waals surface area contributed by atoms with Gasteiger partial charge in [0.25, 0.3) is 0 Å². The molecule has 0 aliphatic carbocycles. The van der Waals surface area contributed by atoms with E-state index < -0.39 is 11.8 Å². The number of nitrogens with zero attached hydrogens (tertiary/aromatic N) is 3. The minimum absolute atomic E-state index is 0.218. The van der Waals surface area contributed by atoms with Gasteiger partial charge in [0, 0.05) is 10.6 Å². The van der Waals surface area contributed by atoms with Crippen molar-refractivity contribution in [2.45, 2.75) is 13.8 Å². The molecule has 7 nitrogen and oxygen atoms in total. The molecule has 0 unspecified atom stereocenters. The van der Waals surface area contributed by atoms with E-state index in [4.69, 9.17) is 16.3 Å². The minimum atomic E-state index is -0.564. The highest BCUT2D eigenvalue weighted by atomic mass is 35.5. The van der Waals surface area contributed by atoms with E-state index in [2.05, 4.69) is 14.9 Å². The molecule has 1 aromatic heterocycles. The molecule has 0 saturated carbocycles. The second kappa shape index (κ2) is 8.37. The van der Waals surface area contributed by atoms with E-state index in [0.29, 0.717) is 15.7 Å². The van der Waals surface area contributed by atoms with Gasteiger partial charge >= 0.3 is 5.97 Å². The van der Waals surface area contributed by atoms with Gasteiger partial charge in [-0.25, -0.2) is 4.79 Å². The molecule has 0 aliphatic heterocycles. The zero-order valence-electron chi connectivity index (χ0n) is 13.4. The number of benzene rings is 1. The summed E-state index contributed by atoms with van der Waals surface area (Å²) in [7, 11) is 0. The monoisotopic (exact) mass is 376 g/mol. The summed E-state index contributed by atoms with van der Waals surface area (Å²) < 4.78 is 9.03. The van der Waals surface area contributed by atoms with Gasteiger partial charge in [-0.05, 0) is 49.6 Å². The largest absolute Gasteiger partial charge is 0.462 e. The Morgan fingerprint density at radius 2 is 2.08 bits per heavy atom. The van der Waals surface area contributed by atoms with Crippen molar-refractivity contribution in [3.63, 3.8) is 0 Å². The highest BCUT2D eigenvalue weighted by molar-refractivity contribution is 7.10. The molecule has 0 bridgehead atoms. The van der Waals surface area contributed by atoms with Gasteiger partial charge in [0.15, 0.2) is 0 Å². The lowest BCUT2D eigenvalue weighted by molar-refractivity contribution is 0.0527. The van der Waals surface area contributed by atoms with Crippen LogP contribution in [-0.2, 0) is 4.74 Å². The first-order valence-corrected chi connectivity index (χ1v) is 8.30. The van der Waals surface area contributed by atoms with Crippen molar-refractivity contribution >= 4 is 45.6 Å². The van der Waals surface area contributed by atoms with E-state index >= 15 is 0 Å². The second-order valence-electron chi connectivity index (χ2n) is 4.71. The van der Waals surface area contributed by atoms with E-state index in [1.54, 1.807) is 32.0 Å². The van der Waals surface area contributed by atoms with Crippen LogP contribution in [-0.4, -0.2) is 28.4 Å². The average molecular weight is 377 g/mol. The topological polar surface area (TPSA) is 104 Å². The molecule has 1 heterocycles. The molecule has 25 heavy (non-hydrogen) atoms. The number of ether oxygens (including phenoxy) is 1. The van der Waals surface area contributed by atoms with Gasteiger partial charge in [0.1, 0.15) is 16.6 Å². The molecule has 0 atom stereocenters. The Hall–Kier alpha value is -2.76. The molecule has 0 fully saturated rings. The molecule has 0 radical (unpaired) electrons. The zero-order chi connectivity index (χ0) is 18.4. The van der Waals surface area contributed by atoms with Crippen LogP contribution in [0.4, 0.5) is 5.00 Å². The lowest BCUT2D eigenvalue weighted by atomic mass is 10.1. The number of anilines is 1. The van der Waals surface area contributed by atoms with Crippen molar-refractivity contribution in [3.8, 4) is 6.07 Å². The van der Waals surface area contributed by atoms with Crippen LogP contribution < -0.4 is 5.43 Å². The van der Waals surface area contributed by atoms with Gasteiger partial charge in [-0.2, -0.15) is 14.7 Å². The summed E-state index contributed by atoms with van der Waals surface area (Å²) >= 11 is 6.76. The molecule has 0 aliphatic rings. The number of carbonyl (C=O) groups excluding carboxylic acids is 2. The number of aryl methyl sites for hydroxylation is 1. The number of aromatic nitrogens is 1. The lowest BCUT2D eigenvalue weighted by Gasteiger charge is -2.04. The maximum atomic E-state index is 12.3. The Labute approximate surface area is 153 Å². The van der Waals surface area contributed by atoms with Gasteiger partial charge in [-0.1, -0.05) is 11.6 Å². The van der Waals surface area contributed by atoms with Gasteiger partial charge in [-0.15, -0.1) is 0 Å².